The highest BCUT2D eigenvalue weighted by molar-refractivity contribution is 5.57. The van der Waals surface area contributed by atoms with Crippen LogP contribution in [0.5, 0.6) is 0 Å². The van der Waals surface area contributed by atoms with Gasteiger partial charge in [-0.1, -0.05) is 6.07 Å². The third-order valence-corrected chi connectivity index (χ3v) is 3.05. The Morgan fingerprint density at radius 1 is 1.21 bits per heavy atom. The fraction of sp³-hybridized carbons (Fsp3) is 0.500. The summed E-state index contributed by atoms with van der Waals surface area (Å²) >= 11 is 0. The van der Waals surface area contributed by atoms with Crippen LogP contribution in [0.3, 0.4) is 0 Å². The van der Waals surface area contributed by atoms with Gasteiger partial charge in [-0.15, -0.1) is 0 Å². The van der Waals surface area contributed by atoms with Crippen molar-refractivity contribution in [3.63, 3.8) is 0 Å². The van der Waals surface area contributed by atoms with Crippen molar-refractivity contribution in [3.05, 3.63) is 28.8 Å². The van der Waals surface area contributed by atoms with Gasteiger partial charge >= 0.3 is 0 Å². The third-order valence-electron chi connectivity index (χ3n) is 3.05. The summed E-state index contributed by atoms with van der Waals surface area (Å²) in [4.78, 5) is 2.34. The maximum atomic E-state index is 3.44. The standard InChI is InChI=1S/C12H18N2/c1-9-6-11-8-13-4-5-14(3)12(11)7-10(9)2/h6-7,13H,4-5,8H2,1-3H3. The van der Waals surface area contributed by atoms with Gasteiger partial charge in [0.25, 0.3) is 0 Å². The summed E-state index contributed by atoms with van der Waals surface area (Å²) in [5, 5.41) is 3.44. The van der Waals surface area contributed by atoms with Crippen LogP contribution in [0, 0.1) is 13.8 Å². The maximum absolute atomic E-state index is 3.44. The number of rotatable bonds is 0. The molecule has 2 nitrogen and oxygen atoms in total. The number of nitrogens with one attached hydrogen (secondary N) is 1. The van der Waals surface area contributed by atoms with E-state index in [2.05, 4.69) is 43.2 Å². The lowest BCUT2D eigenvalue weighted by atomic mass is 10.0. The van der Waals surface area contributed by atoms with Crippen molar-refractivity contribution in [2.45, 2.75) is 20.4 Å². The minimum absolute atomic E-state index is 1.00. The highest BCUT2D eigenvalue weighted by Gasteiger charge is 2.12. The van der Waals surface area contributed by atoms with Gasteiger partial charge in [0.1, 0.15) is 0 Å². The van der Waals surface area contributed by atoms with E-state index < -0.39 is 0 Å². The van der Waals surface area contributed by atoms with Crippen LogP contribution in [-0.4, -0.2) is 20.1 Å². The number of anilines is 1. The van der Waals surface area contributed by atoms with E-state index in [0.29, 0.717) is 0 Å². The first-order valence-electron chi connectivity index (χ1n) is 5.20. The smallest absolute Gasteiger partial charge is 0.0412 e. The van der Waals surface area contributed by atoms with E-state index in [1.165, 1.54) is 22.4 Å². The topological polar surface area (TPSA) is 15.3 Å². The van der Waals surface area contributed by atoms with E-state index in [1.54, 1.807) is 0 Å². The molecule has 0 fully saturated rings. The monoisotopic (exact) mass is 190 g/mol. The number of hydrogen-bond acceptors (Lipinski definition) is 2. The Morgan fingerprint density at radius 2 is 1.93 bits per heavy atom. The van der Waals surface area contributed by atoms with Crippen LogP contribution in [0.1, 0.15) is 16.7 Å². The molecule has 14 heavy (non-hydrogen) atoms. The van der Waals surface area contributed by atoms with Crippen molar-refractivity contribution in [2.75, 3.05) is 25.0 Å². The molecule has 1 aromatic carbocycles. The minimum Gasteiger partial charge on any atom is -0.373 e. The average molecular weight is 190 g/mol. The van der Waals surface area contributed by atoms with Crippen LogP contribution in [-0.2, 0) is 6.54 Å². The largest absolute Gasteiger partial charge is 0.373 e. The van der Waals surface area contributed by atoms with Crippen molar-refractivity contribution in [3.8, 4) is 0 Å². The van der Waals surface area contributed by atoms with Gasteiger partial charge in [-0.05, 0) is 36.6 Å². The second kappa shape index (κ2) is 3.62. The van der Waals surface area contributed by atoms with Crippen LogP contribution < -0.4 is 10.2 Å². The maximum Gasteiger partial charge on any atom is 0.0412 e. The van der Waals surface area contributed by atoms with Crippen molar-refractivity contribution < 1.29 is 0 Å². The Hall–Kier alpha value is -1.02. The molecule has 1 aromatic rings. The molecule has 0 saturated heterocycles. The number of hydrogen-bond donors (Lipinski definition) is 1. The minimum atomic E-state index is 1.00. The molecule has 2 heteroatoms. The summed E-state index contributed by atoms with van der Waals surface area (Å²) in [6.45, 7) is 7.53. The molecule has 0 aromatic heterocycles. The molecule has 0 aliphatic carbocycles. The summed E-state index contributed by atoms with van der Waals surface area (Å²) in [5.74, 6) is 0. The van der Waals surface area contributed by atoms with Gasteiger partial charge in [0.15, 0.2) is 0 Å². The fourth-order valence-corrected chi connectivity index (χ4v) is 1.95. The Labute approximate surface area is 85.9 Å². The van der Waals surface area contributed by atoms with Gasteiger partial charge in [-0.2, -0.15) is 0 Å². The van der Waals surface area contributed by atoms with Crippen LogP contribution in [0.25, 0.3) is 0 Å². The SMILES string of the molecule is Cc1cc2c(cc1C)N(C)CCNC2. The van der Waals surface area contributed by atoms with E-state index in [0.717, 1.165) is 19.6 Å². The number of benzene rings is 1. The van der Waals surface area contributed by atoms with Crippen molar-refractivity contribution in [2.24, 2.45) is 0 Å². The quantitative estimate of drug-likeness (QED) is 0.671. The molecule has 0 radical (unpaired) electrons. The molecular weight excluding hydrogens is 172 g/mol. The summed E-state index contributed by atoms with van der Waals surface area (Å²) in [7, 11) is 2.17. The van der Waals surface area contributed by atoms with E-state index in [4.69, 9.17) is 0 Å². The van der Waals surface area contributed by atoms with Crippen LogP contribution in [0.4, 0.5) is 5.69 Å². The summed E-state index contributed by atoms with van der Waals surface area (Å²) < 4.78 is 0. The molecule has 0 bridgehead atoms. The van der Waals surface area contributed by atoms with Gasteiger partial charge in [0.2, 0.25) is 0 Å². The van der Waals surface area contributed by atoms with Crippen LogP contribution in [0.2, 0.25) is 0 Å². The zero-order valence-corrected chi connectivity index (χ0v) is 9.22. The molecule has 1 aliphatic rings. The molecule has 0 saturated carbocycles. The Kier molecular flexibility index (Phi) is 2.46. The Morgan fingerprint density at radius 3 is 2.71 bits per heavy atom. The van der Waals surface area contributed by atoms with Crippen LogP contribution >= 0.6 is 0 Å². The number of nitrogens with zero attached hydrogens (tertiary/aromatic N) is 1. The number of aryl methyl sites for hydroxylation is 2. The molecule has 2 rings (SSSR count). The van der Waals surface area contributed by atoms with E-state index in [1.807, 2.05) is 0 Å². The lowest BCUT2D eigenvalue weighted by Gasteiger charge is -2.20. The van der Waals surface area contributed by atoms with Crippen molar-refractivity contribution in [1.29, 1.82) is 0 Å². The lowest BCUT2D eigenvalue weighted by Crippen LogP contribution is -2.24. The number of fused-ring (bicyclic) bond motifs is 1. The number of likely N-dealkylation sites (N-methyl/N-ethyl adjacent to an activating group) is 1. The first-order chi connectivity index (χ1) is 6.68. The average Bonchev–Trinajstić information content (AvgIpc) is 2.31. The second-order valence-electron chi connectivity index (χ2n) is 4.16. The second-order valence-corrected chi connectivity index (χ2v) is 4.16. The third kappa shape index (κ3) is 1.62. The molecule has 1 heterocycles. The molecule has 0 unspecified atom stereocenters. The Bertz CT molecular complexity index is 344. The molecule has 76 valence electrons. The predicted octanol–water partition coefficient (Wildman–Crippen LogP) is 1.84. The van der Waals surface area contributed by atoms with E-state index >= 15 is 0 Å². The highest BCUT2D eigenvalue weighted by atomic mass is 15.1. The normalized spacial score (nSPS) is 16.4. The fourth-order valence-electron chi connectivity index (χ4n) is 1.95. The van der Waals surface area contributed by atoms with Gasteiger partial charge in [0.05, 0.1) is 0 Å². The molecule has 0 spiro atoms. The Balaban J connectivity index is 2.49. The summed E-state index contributed by atoms with van der Waals surface area (Å²) in [6.07, 6.45) is 0. The molecule has 0 atom stereocenters. The summed E-state index contributed by atoms with van der Waals surface area (Å²) in [6, 6.07) is 4.61. The van der Waals surface area contributed by atoms with Gasteiger partial charge in [0, 0.05) is 32.4 Å². The summed E-state index contributed by atoms with van der Waals surface area (Å²) in [5.41, 5.74) is 5.59. The van der Waals surface area contributed by atoms with E-state index in [-0.39, 0.29) is 0 Å². The predicted molar refractivity (Wildman–Crippen MR) is 60.9 cm³/mol. The van der Waals surface area contributed by atoms with Gasteiger partial charge < -0.3 is 10.2 Å². The molecule has 0 amide bonds. The first kappa shape index (κ1) is 9.53. The van der Waals surface area contributed by atoms with E-state index in [9.17, 15) is 0 Å². The van der Waals surface area contributed by atoms with Crippen molar-refractivity contribution >= 4 is 5.69 Å². The van der Waals surface area contributed by atoms with Crippen LogP contribution in [0.15, 0.2) is 12.1 Å². The molecule has 1 N–H and O–H groups in total. The highest BCUT2D eigenvalue weighted by Crippen LogP contribution is 2.24. The van der Waals surface area contributed by atoms with Crippen molar-refractivity contribution in [1.82, 2.24) is 5.32 Å². The zero-order valence-electron chi connectivity index (χ0n) is 9.22. The van der Waals surface area contributed by atoms with Gasteiger partial charge in [-0.25, -0.2) is 0 Å². The molecule has 1 aliphatic heterocycles. The zero-order chi connectivity index (χ0) is 10.1. The van der Waals surface area contributed by atoms with Gasteiger partial charge in [-0.3, -0.25) is 0 Å². The molecular formula is C12H18N2. The first-order valence-corrected chi connectivity index (χ1v) is 5.20. The lowest BCUT2D eigenvalue weighted by molar-refractivity contribution is 0.706.